The monoisotopic (exact) mass is 283 g/mol. The van der Waals surface area contributed by atoms with E-state index in [-0.39, 0.29) is 24.4 Å². The lowest BCUT2D eigenvalue weighted by Crippen LogP contribution is -2.41. The van der Waals surface area contributed by atoms with Gasteiger partial charge in [0, 0.05) is 33.1 Å². The number of hydrogen-bond donors (Lipinski definition) is 1. The first-order valence-electron chi connectivity index (χ1n) is 7.67. The Balaban J connectivity index is 2.52. The van der Waals surface area contributed by atoms with E-state index in [1.54, 1.807) is 19.0 Å². The first kappa shape index (κ1) is 17.0. The van der Waals surface area contributed by atoms with Gasteiger partial charge in [-0.1, -0.05) is 13.3 Å². The van der Waals surface area contributed by atoms with Crippen LogP contribution in [0.2, 0.25) is 0 Å². The lowest BCUT2D eigenvalue weighted by molar-refractivity contribution is -0.140. The molecule has 0 aromatic heterocycles. The zero-order valence-electron chi connectivity index (χ0n) is 13.1. The average Bonchev–Trinajstić information content (AvgIpc) is 2.37. The van der Waals surface area contributed by atoms with Gasteiger partial charge in [0.05, 0.1) is 6.54 Å². The van der Waals surface area contributed by atoms with E-state index < -0.39 is 0 Å². The van der Waals surface area contributed by atoms with Crippen LogP contribution in [0, 0.1) is 5.92 Å². The number of nitrogens with two attached hydrogens (primary N) is 1. The highest BCUT2D eigenvalue weighted by molar-refractivity contribution is 5.84. The minimum Gasteiger partial charge on any atom is -0.347 e. The van der Waals surface area contributed by atoms with Gasteiger partial charge in [-0.05, 0) is 31.6 Å². The summed E-state index contributed by atoms with van der Waals surface area (Å²) < 4.78 is 0. The summed E-state index contributed by atoms with van der Waals surface area (Å²) >= 11 is 0. The van der Waals surface area contributed by atoms with Gasteiger partial charge in [0.1, 0.15) is 0 Å². The number of carbonyl (C=O) groups is 2. The van der Waals surface area contributed by atoms with E-state index in [4.69, 9.17) is 5.73 Å². The largest absolute Gasteiger partial charge is 0.347 e. The first-order chi connectivity index (χ1) is 9.43. The van der Waals surface area contributed by atoms with Crippen LogP contribution in [0.1, 0.15) is 45.4 Å². The van der Waals surface area contributed by atoms with Crippen molar-refractivity contribution < 1.29 is 9.59 Å². The van der Waals surface area contributed by atoms with Crippen molar-refractivity contribution in [1.82, 2.24) is 9.80 Å². The van der Waals surface area contributed by atoms with Crippen LogP contribution < -0.4 is 5.73 Å². The second-order valence-corrected chi connectivity index (χ2v) is 6.10. The Labute approximate surface area is 122 Å². The number of carbonyl (C=O) groups excluding carboxylic acids is 2. The number of hydrogen-bond acceptors (Lipinski definition) is 3. The van der Waals surface area contributed by atoms with Crippen LogP contribution in [0.15, 0.2) is 0 Å². The second kappa shape index (κ2) is 8.25. The Morgan fingerprint density at radius 1 is 1.20 bits per heavy atom. The van der Waals surface area contributed by atoms with Gasteiger partial charge in [-0.15, -0.1) is 0 Å². The molecule has 20 heavy (non-hydrogen) atoms. The summed E-state index contributed by atoms with van der Waals surface area (Å²) in [5.74, 6) is 0.466. The molecular formula is C15H29N3O2. The molecule has 1 fully saturated rings. The third-order valence-corrected chi connectivity index (χ3v) is 3.96. The molecule has 5 nitrogen and oxygen atoms in total. The molecule has 2 amide bonds. The zero-order valence-corrected chi connectivity index (χ0v) is 13.1. The molecule has 1 rings (SSSR count). The van der Waals surface area contributed by atoms with Gasteiger partial charge in [-0.3, -0.25) is 9.59 Å². The Morgan fingerprint density at radius 2 is 1.90 bits per heavy atom. The van der Waals surface area contributed by atoms with E-state index in [1.165, 1.54) is 4.90 Å². The minimum absolute atomic E-state index is 0.0212. The molecule has 116 valence electrons. The standard InChI is InChI=1S/C15H29N3O2/c1-4-8-18(11-15(20)17(2)3)14(19)10-12-6-5-7-13(16)9-12/h12-13H,4-11,16H2,1-3H3. The summed E-state index contributed by atoms with van der Waals surface area (Å²) in [7, 11) is 3.44. The fraction of sp³-hybridized carbons (Fsp3) is 0.867. The Hall–Kier alpha value is -1.10. The summed E-state index contributed by atoms with van der Waals surface area (Å²) in [6, 6.07) is 0.240. The molecule has 0 bridgehead atoms. The van der Waals surface area contributed by atoms with Gasteiger partial charge in [0.25, 0.3) is 0 Å². The summed E-state index contributed by atoms with van der Waals surface area (Å²) in [5, 5.41) is 0. The highest BCUT2D eigenvalue weighted by Crippen LogP contribution is 2.26. The highest BCUT2D eigenvalue weighted by atomic mass is 16.2. The topological polar surface area (TPSA) is 66.6 Å². The summed E-state index contributed by atoms with van der Waals surface area (Å²) in [6.07, 6.45) is 5.62. The number of likely N-dealkylation sites (N-methyl/N-ethyl adjacent to an activating group) is 1. The van der Waals surface area contributed by atoms with Crippen LogP contribution in [0.5, 0.6) is 0 Å². The second-order valence-electron chi connectivity index (χ2n) is 6.10. The molecule has 1 aliphatic carbocycles. The Morgan fingerprint density at radius 3 is 2.45 bits per heavy atom. The molecule has 2 atom stereocenters. The smallest absolute Gasteiger partial charge is 0.241 e. The number of amides is 2. The van der Waals surface area contributed by atoms with Crippen molar-refractivity contribution in [2.45, 2.75) is 51.5 Å². The zero-order chi connectivity index (χ0) is 15.1. The Kier molecular flexibility index (Phi) is 6.99. The summed E-state index contributed by atoms with van der Waals surface area (Å²) in [6.45, 7) is 2.87. The summed E-state index contributed by atoms with van der Waals surface area (Å²) in [4.78, 5) is 27.4. The molecule has 0 spiro atoms. The molecule has 5 heteroatoms. The maximum absolute atomic E-state index is 12.4. The minimum atomic E-state index is -0.0212. The van der Waals surface area contributed by atoms with E-state index in [0.717, 1.165) is 32.1 Å². The van der Waals surface area contributed by atoms with Crippen molar-refractivity contribution >= 4 is 11.8 Å². The fourth-order valence-electron chi connectivity index (χ4n) is 2.76. The van der Waals surface area contributed by atoms with Crippen molar-refractivity contribution in [3.8, 4) is 0 Å². The van der Waals surface area contributed by atoms with E-state index in [1.807, 2.05) is 6.92 Å². The van der Waals surface area contributed by atoms with Crippen LogP contribution in [-0.2, 0) is 9.59 Å². The van der Waals surface area contributed by atoms with Crippen LogP contribution in [-0.4, -0.2) is 54.8 Å². The molecule has 1 aliphatic rings. The first-order valence-corrected chi connectivity index (χ1v) is 7.67. The molecule has 1 saturated carbocycles. The predicted molar refractivity (Wildman–Crippen MR) is 80.1 cm³/mol. The van der Waals surface area contributed by atoms with Crippen LogP contribution in [0.3, 0.4) is 0 Å². The van der Waals surface area contributed by atoms with Crippen molar-refractivity contribution in [2.75, 3.05) is 27.2 Å². The van der Waals surface area contributed by atoms with Gasteiger partial charge in [0.15, 0.2) is 0 Å². The van der Waals surface area contributed by atoms with E-state index in [0.29, 0.717) is 18.9 Å². The van der Waals surface area contributed by atoms with Crippen LogP contribution in [0.25, 0.3) is 0 Å². The lowest BCUT2D eigenvalue weighted by atomic mass is 9.84. The van der Waals surface area contributed by atoms with Gasteiger partial charge in [-0.25, -0.2) is 0 Å². The van der Waals surface area contributed by atoms with Gasteiger partial charge < -0.3 is 15.5 Å². The molecule has 0 aromatic rings. The highest BCUT2D eigenvalue weighted by Gasteiger charge is 2.25. The third kappa shape index (κ3) is 5.49. The van der Waals surface area contributed by atoms with E-state index >= 15 is 0 Å². The molecule has 2 N–H and O–H groups in total. The maximum atomic E-state index is 12.4. The predicted octanol–water partition coefficient (Wildman–Crippen LogP) is 1.22. The molecule has 0 radical (unpaired) electrons. The molecule has 0 aromatic carbocycles. The van der Waals surface area contributed by atoms with E-state index in [9.17, 15) is 9.59 Å². The van der Waals surface area contributed by atoms with Crippen molar-refractivity contribution in [3.63, 3.8) is 0 Å². The summed E-state index contributed by atoms with van der Waals surface area (Å²) in [5.41, 5.74) is 5.97. The van der Waals surface area contributed by atoms with Gasteiger partial charge >= 0.3 is 0 Å². The van der Waals surface area contributed by atoms with Crippen molar-refractivity contribution in [3.05, 3.63) is 0 Å². The molecular weight excluding hydrogens is 254 g/mol. The molecule has 2 unspecified atom stereocenters. The van der Waals surface area contributed by atoms with Crippen LogP contribution >= 0.6 is 0 Å². The molecule has 0 saturated heterocycles. The lowest BCUT2D eigenvalue weighted by Gasteiger charge is -2.29. The maximum Gasteiger partial charge on any atom is 0.241 e. The molecule has 0 aliphatic heterocycles. The Bertz CT molecular complexity index is 331. The van der Waals surface area contributed by atoms with Crippen molar-refractivity contribution in [1.29, 1.82) is 0 Å². The quantitative estimate of drug-likeness (QED) is 0.797. The molecule has 0 heterocycles. The normalized spacial score (nSPS) is 22.4. The van der Waals surface area contributed by atoms with Crippen molar-refractivity contribution in [2.24, 2.45) is 11.7 Å². The fourth-order valence-corrected chi connectivity index (χ4v) is 2.76. The third-order valence-electron chi connectivity index (χ3n) is 3.96. The average molecular weight is 283 g/mol. The number of nitrogens with zero attached hydrogens (tertiary/aromatic N) is 2. The van der Waals surface area contributed by atoms with Gasteiger partial charge in [-0.2, -0.15) is 0 Å². The van der Waals surface area contributed by atoms with Crippen LogP contribution in [0.4, 0.5) is 0 Å². The number of rotatable bonds is 6. The van der Waals surface area contributed by atoms with E-state index in [2.05, 4.69) is 0 Å². The SMILES string of the molecule is CCCN(CC(=O)N(C)C)C(=O)CC1CCCC(N)C1. The van der Waals surface area contributed by atoms with Gasteiger partial charge in [0.2, 0.25) is 11.8 Å².